The number of Topliss-reactive ketones (excluding diaryl/α,β-unsaturated/α-hetero) is 1. The van der Waals surface area contributed by atoms with E-state index in [-0.39, 0.29) is 30.6 Å². The van der Waals surface area contributed by atoms with E-state index in [1.54, 1.807) is 53.7 Å². The van der Waals surface area contributed by atoms with Crippen molar-refractivity contribution in [1.29, 1.82) is 0 Å². The van der Waals surface area contributed by atoms with Gasteiger partial charge in [0.2, 0.25) is 11.8 Å². The second kappa shape index (κ2) is 9.46. The number of hydrogen-bond donors (Lipinski definition) is 2. The summed E-state index contributed by atoms with van der Waals surface area (Å²) in [5.74, 6) is -0.0360. The number of amides is 2. The summed E-state index contributed by atoms with van der Waals surface area (Å²) in [4.78, 5) is 42.7. The zero-order chi connectivity index (χ0) is 23.5. The number of ketones is 1. The lowest BCUT2D eigenvalue weighted by atomic mass is 10.0. The van der Waals surface area contributed by atoms with E-state index in [2.05, 4.69) is 10.6 Å². The fraction of sp³-hybridized carbons (Fsp3) is 0.240. The summed E-state index contributed by atoms with van der Waals surface area (Å²) in [6.07, 6.45) is -0.0961. The van der Waals surface area contributed by atoms with Gasteiger partial charge in [-0.2, -0.15) is 0 Å². The van der Waals surface area contributed by atoms with Crippen LogP contribution in [0.25, 0.3) is 0 Å². The SMILES string of the molecule is COc1ccc(NC(=O)C[C@H]2C(=O)Nc3ccccc3N2CC(=O)c2cc(C)sc2C)cc1. The Kier molecular flexibility index (Phi) is 6.46. The number of nitrogens with one attached hydrogen (secondary N) is 2. The molecule has 2 aromatic carbocycles. The van der Waals surface area contributed by atoms with Gasteiger partial charge in [-0.3, -0.25) is 14.4 Å². The lowest BCUT2D eigenvalue weighted by molar-refractivity contribution is -0.122. The minimum Gasteiger partial charge on any atom is -0.497 e. The first kappa shape index (κ1) is 22.5. The third-order valence-corrected chi connectivity index (χ3v) is 6.52. The Balaban J connectivity index is 1.57. The number of anilines is 3. The number of aryl methyl sites for hydroxylation is 2. The summed E-state index contributed by atoms with van der Waals surface area (Å²) in [5, 5.41) is 5.69. The van der Waals surface area contributed by atoms with Crippen LogP contribution in [0.4, 0.5) is 17.1 Å². The van der Waals surface area contributed by atoms with E-state index < -0.39 is 6.04 Å². The summed E-state index contributed by atoms with van der Waals surface area (Å²) < 4.78 is 5.14. The van der Waals surface area contributed by atoms with E-state index in [1.807, 2.05) is 38.1 Å². The standard InChI is InChI=1S/C25H25N3O4S/c1-15-12-19(16(2)33-15)23(29)14-28-21-7-5-4-6-20(21)27-25(31)22(28)13-24(30)26-17-8-10-18(32-3)11-9-17/h4-12,22H,13-14H2,1-3H3,(H,26,30)(H,27,31)/t22-/m0/s1. The fourth-order valence-corrected chi connectivity index (χ4v) is 4.91. The molecule has 0 spiro atoms. The van der Waals surface area contributed by atoms with E-state index in [4.69, 9.17) is 4.74 Å². The molecule has 1 aliphatic rings. The van der Waals surface area contributed by atoms with Crippen LogP contribution in [0.1, 0.15) is 26.5 Å². The van der Waals surface area contributed by atoms with Crippen molar-refractivity contribution in [2.24, 2.45) is 0 Å². The number of carbonyl (C=O) groups is 3. The van der Waals surface area contributed by atoms with Crippen molar-refractivity contribution in [3.8, 4) is 5.75 Å². The van der Waals surface area contributed by atoms with Gasteiger partial charge in [-0.1, -0.05) is 12.1 Å². The molecule has 3 aromatic rings. The molecule has 2 heterocycles. The summed E-state index contributed by atoms with van der Waals surface area (Å²) >= 11 is 1.57. The first-order chi connectivity index (χ1) is 15.9. The highest BCUT2D eigenvalue weighted by Gasteiger charge is 2.36. The van der Waals surface area contributed by atoms with Gasteiger partial charge < -0.3 is 20.3 Å². The first-order valence-corrected chi connectivity index (χ1v) is 11.4. The first-order valence-electron chi connectivity index (χ1n) is 10.6. The molecular weight excluding hydrogens is 438 g/mol. The molecule has 2 amide bonds. The van der Waals surface area contributed by atoms with Crippen molar-refractivity contribution in [2.45, 2.75) is 26.3 Å². The number of nitrogens with zero attached hydrogens (tertiary/aromatic N) is 1. The van der Waals surface area contributed by atoms with E-state index in [0.29, 0.717) is 22.7 Å². The molecule has 170 valence electrons. The summed E-state index contributed by atoms with van der Waals surface area (Å²) in [7, 11) is 1.57. The van der Waals surface area contributed by atoms with Gasteiger partial charge in [0.15, 0.2) is 5.78 Å². The lowest BCUT2D eigenvalue weighted by Gasteiger charge is -2.37. The van der Waals surface area contributed by atoms with Gasteiger partial charge in [-0.05, 0) is 56.3 Å². The van der Waals surface area contributed by atoms with E-state index in [0.717, 1.165) is 15.4 Å². The molecule has 0 fully saturated rings. The number of para-hydroxylation sites is 2. The Morgan fingerprint density at radius 3 is 2.52 bits per heavy atom. The van der Waals surface area contributed by atoms with Crippen molar-refractivity contribution in [3.05, 3.63) is 69.9 Å². The third kappa shape index (κ3) is 4.90. The van der Waals surface area contributed by atoms with Crippen LogP contribution >= 0.6 is 11.3 Å². The fourth-order valence-electron chi connectivity index (χ4n) is 3.96. The van der Waals surface area contributed by atoms with Crippen LogP contribution in [-0.4, -0.2) is 37.3 Å². The second-order valence-electron chi connectivity index (χ2n) is 7.88. The molecule has 1 atom stereocenters. The lowest BCUT2D eigenvalue weighted by Crippen LogP contribution is -2.51. The van der Waals surface area contributed by atoms with Crippen LogP contribution in [0.15, 0.2) is 54.6 Å². The van der Waals surface area contributed by atoms with Gasteiger partial charge in [-0.15, -0.1) is 11.3 Å². The molecule has 0 radical (unpaired) electrons. The molecule has 0 unspecified atom stereocenters. The number of fused-ring (bicyclic) bond motifs is 1. The highest BCUT2D eigenvalue weighted by molar-refractivity contribution is 7.12. The van der Waals surface area contributed by atoms with E-state index in [1.165, 1.54) is 0 Å². The zero-order valence-corrected chi connectivity index (χ0v) is 19.5. The van der Waals surface area contributed by atoms with Gasteiger partial charge in [0, 0.05) is 21.0 Å². The van der Waals surface area contributed by atoms with Gasteiger partial charge in [0.25, 0.3) is 0 Å². The molecular formula is C25H25N3O4S. The molecule has 7 nitrogen and oxygen atoms in total. The monoisotopic (exact) mass is 463 g/mol. The average molecular weight is 464 g/mol. The summed E-state index contributed by atoms with van der Waals surface area (Å²) in [6, 6.07) is 15.3. The molecule has 33 heavy (non-hydrogen) atoms. The predicted octanol–water partition coefficient (Wildman–Crippen LogP) is 4.41. The Bertz CT molecular complexity index is 1200. The third-order valence-electron chi connectivity index (χ3n) is 5.56. The maximum absolute atomic E-state index is 13.2. The molecule has 4 rings (SSSR count). The second-order valence-corrected chi connectivity index (χ2v) is 9.34. The number of hydrogen-bond acceptors (Lipinski definition) is 6. The van der Waals surface area contributed by atoms with Crippen molar-refractivity contribution in [3.63, 3.8) is 0 Å². The number of carbonyl (C=O) groups excluding carboxylic acids is 3. The molecule has 8 heteroatoms. The quantitative estimate of drug-likeness (QED) is 0.507. The molecule has 1 aliphatic heterocycles. The number of thiophene rings is 1. The predicted molar refractivity (Wildman–Crippen MR) is 131 cm³/mol. The van der Waals surface area contributed by atoms with Crippen LogP contribution in [0, 0.1) is 13.8 Å². The summed E-state index contributed by atoms with van der Waals surface area (Å²) in [6.45, 7) is 3.88. The smallest absolute Gasteiger partial charge is 0.247 e. The van der Waals surface area contributed by atoms with Crippen molar-refractivity contribution in [1.82, 2.24) is 0 Å². The van der Waals surface area contributed by atoms with Crippen LogP contribution in [-0.2, 0) is 9.59 Å². The highest BCUT2D eigenvalue weighted by Crippen LogP contribution is 2.33. The van der Waals surface area contributed by atoms with Gasteiger partial charge in [0.05, 0.1) is 31.5 Å². The maximum Gasteiger partial charge on any atom is 0.247 e. The van der Waals surface area contributed by atoms with Crippen LogP contribution < -0.4 is 20.3 Å². The normalized spacial score (nSPS) is 14.9. The van der Waals surface area contributed by atoms with Crippen molar-refractivity contribution in [2.75, 3.05) is 29.2 Å². The number of methoxy groups -OCH3 is 1. The maximum atomic E-state index is 13.2. The van der Waals surface area contributed by atoms with Crippen LogP contribution in [0.5, 0.6) is 5.75 Å². The van der Waals surface area contributed by atoms with E-state index >= 15 is 0 Å². The van der Waals surface area contributed by atoms with Crippen LogP contribution in [0.3, 0.4) is 0 Å². The number of ether oxygens (including phenoxy) is 1. The summed E-state index contributed by atoms with van der Waals surface area (Å²) in [5.41, 5.74) is 2.60. The van der Waals surface area contributed by atoms with Crippen molar-refractivity contribution >= 4 is 46.0 Å². The number of benzene rings is 2. The van der Waals surface area contributed by atoms with E-state index in [9.17, 15) is 14.4 Å². The Morgan fingerprint density at radius 1 is 1.12 bits per heavy atom. The van der Waals surface area contributed by atoms with Crippen LogP contribution in [0.2, 0.25) is 0 Å². The molecule has 0 saturated heterocycles. The highest BCUT2D eigenvalue weighted by atomic mass is 32.1. The molecule has 1 aromatic heterocycles. The Morgan fingerprint density at radius 2 is 1.85 bits per heavy atom. The minimum absolute atomic E-state index is 0.00191. The average Bonchev–Trinajstić information content (AvgIpc) is 3.14. The Labute approximate surface area is 196 Å². The largest absolute Gasteiger partial charge is 0.497 e. The number of rotatable bonds is 7. The molecule has 0 aliphatic carbocycles. The van der Waals surface area contributed by atoms with Gasteiger partial charge in [-0.25, -0.2) is 0 Å². The molecule has 0 saturated carbocycles. The molecule has 0 bridgehead atoms. The van der Waals surface area contributed by atoms with Gasteiger partial charge in [0.1, 0.15) is 11.8 Å². The Hall–Kier alpha value is -3.65. The molecule has 2 N–H and O–H groups in total. The minimum atomic E-state index is -0.817. The zero-order valence-electron chi connectivity index (χ0n) is 18.7. The van der Waals surface area contributed by atoms with Crippen molar-refractivity contribution < 1.29 is 19.1 Å². The van der Waals surface area contributed by atoms with Gasteiger partial charge >= 0.3 is 0 Å². The topological polar surface area (TPSA) is 87.7 Å².